The number of hydrogen-bond donors (Lipinski definition) is 0. The van der Waals surface area contributed by atoms with E-state index < -0.39 is 0 Å². The van der Waals surface area contributed by atoms with E-state index in [0.29, 0.717) is 16.7 Å². The van der Waals surface area contributed by atoms with Gasteiger partial charge in [0.25, 0.3) is 0 Å². The van der Waals surface area contributed by atoms with E-state index in [9.17, 15) is 4.79 Å². The number of ether oxygens (including phenoxy) is 2. The molecule has 0 fully saturated rings. The summed E-state index contributed by atoms with van der Waals surface area (Å²) in [5.41, 5.74) is 3.56. The van der Waals surface area contributed by atoms with Crippen molar-refractivity contribution in [3.8, 4) is 5.75 Å². The van der Waals surface area contributed by atoms with Gasteiger partial charge in [-0.1, -0.05) is 11.6 Å². The van der Waals surface area contributed by atoms with Gasteiger partial charge in [0.1, 0.15) is 11.9 Å². The summed E-state index contributed by atoms with van der Waals surface area (Å²) in [5.74, 6) is 0.936. The van der Waals surface area contributed by atoms with Crippen LogP contribution >= 0.6 is 11.6 Å². The van der Waals surface area contributed by atoms with Crippen LogP contribution in [0, 0.1) is 0 Å². The third kappa shape index (κ3) is 2.13. The Morgan fingerprint density at radius 2 is 2.00 bits per heavy atom. The molecule has 0 spiro atoms. The van der Waals surface area contributed by atoms with Gasteiger partial charge >= 0.3 is 5.97 Å². The summed E-state index contributed by atoms with van der Waals surface area (Å²) in [6, 6.07) is 3.65. The van der Waals surface area contributed by atoms with Crippen LogP contribution in [0.5, 0.6) is 5.75 Å². The molecule has 0 aromatic heterocycles. The van der Waals surface area contributed by atoms with Gasteiger partial charge in [-0.15, -0.1) is 0 Å². The van der Waals surface area contributed by atoms with Crippen molar-refractivity contribution >= 4 is 29.2 Å². The van der Waals surface area contributed by atoms with Gasteiger partial charge in [-0.2, -0.15) is 0 Å². The highest BCUT2D eigenvalue weighted by Crippen LogP contribution is 2.42. The lowest BCUT2D eigenvalue weighted by Gasteiger charge is -2.10. The lowest BCUT2D eigenvalue weighted by atomic mass is 9.93. The zero-order valence-electron chi connectivity index (χ0n) is 12.3. The first kappa shape index (κ1) is 13.8. The number of fused-ring (bicyclic) bond motifs is 1. The third-order valence-corrected chi connectivity index (χ3v) is 4.68. The van der Waals surface area contributed by atoms with E-state index in [-0.39, 0.29) is 12.1 Å². The average molecular weight is 318 g/mol. The Hall–Kier alpha value is -1.81. The Morgan fingerprint density at radius 1 is 1.23 bits per heavy atom. The van der Waals surface area contributed by atoms with Gasteiger partial charge in [-0.3, -0.25) is 0 Å². The molecule has 0 radical (unpaired) electrons. The van der Waals surface area contributed by atoms with Crippen LogP contribution in [0.3, 0.4) is 0 Å². The summed E-state index contributed by atoms with van der Waals surface area (Å²) in [4.78, 5) is 16.6. The maximum Gasteiger partial charge on any atom is 0.341 e. The second-order valence-electron chi connectivity index (χ2n) is 5.98. The first-order valence-corrected chi connectivity index (χ1v) is 8.02. The third-order valence-electron chi connectivity index (χ3n) is 4.38. The number of halogens is 1. The number of nitrogens with zero attached hydrogens (tertiary/aromatic N) is 1. The number of rotatable bonds is 1. The topological polar surface area (TPSA) is 47.9 Å². The number of benzene rings is 1. The SMILES string of the molecule is CC1Cc2c(/N=C3/OC(=O)C4=C3CCCC4)ccc(Cl)c2O1. The Kier molecular flexibility index (Phi) is 3.22. The van der Waals surface area contributed by atoms with Crippen molar-refractivity contribution in [1.29, 1.82) is 0 Å². The monoisotopic (exact) mass is 317 g/mol. The fourth-order valence-electron chi connectivity index (χ4n) is 3.33. The maximum absolute atomic E-state index is 11.9. The Balaban J connectivity index is 1.77. The number of aliphatic imine (C=N–C) groups is 1. The highest BCUT2D eigenvalue weighted by molar-refractivity contribution is 6.32. The molecular weight excluding hydrogens is 302 g/mol. The molecule has 4 rings (SSSR count). The van der Waals surface area contributed by atoms with Crippen molar-refractivity contribution in [2.75, 3.05) is 0 Å². The van der Waals surface area contributed by atoms with Crippen LogP contribution in [0.2, 0.25) is 5.02 Å². The number of hydrogen-bond acceptors (Lipinski definition) is 4. The van der Waals surface area contributed by atoms with E-state index in [1.54, 1.807) is 6.07 Å². The molecule has 22 heavy (non-hydrogen) atoms. The normalized spacial score (nSPS) is 25.1. The van der Waals surface area contributed by atoms with Crippen molar-refractivity contribution < 1.29 is 14.3 Å². The molecule has 2 aliphatic heterocycles. The Labute approximate surface area is 133 Å². The van der Waals surface area contributed by atoms with Gasteiger partial charge in [-0.25, -0.2) is 9.79 Å². The number of cyclic esters (lactones) is 1. The summed E-state index contributed by atoms with van der Waals surface area (Å²) < 4.78 is 11.1. The van der Waals surface area contributed by atoms with Crippen molar-refractivity contribution in [1.82, 2.24) is 0 Å². The van der Waals surface area contributed by atoms with Crippen molar-refractivity contribution in [3.63, 3.8) is 0 Å². The van der Waals surface area contributed by atoms with E-state index in [1.807, 2.05) is 13.0 Å². The molecular formula is C17H16ClNO3. The largest absolute Gasteiger partial charge is 0.488 e. The molecule has 3 aliphatic rings. The average Bonchev–Trinajstić information content (AvgIpc) is 3.05. The van der Waals surface area contributed by atoms with Crippen LogP contribution in [0.4, 0.5) is 5.69 Å². The maximum atomic E-state index is 11.9. The van der Waals surface area contributed by atoms with E-state index in [1.165, 1.54) is 0 Å². The minimum absolute atomic E-state index is 0.0874. The van der Waals surface area contributed by atoms with Crippen molar-refractivity contribution in [2.24, 2.45) is 4.99 Å². The summed E-state index contributed by atoms with van der Waals surface area (Å²) in [6.07, 6.45) is 4.64. The second kappa shape index (κ2) is 5.13. The molecule has 1 aliphatic carbocycles. The van der Waals surface area contributed by atoms with E-state index in [0.717, 1.165) is 54.5 Å². The molecule has 4 nitrogen and oxygen atoms in total. The van der Waals surface area contributed by atoms with Crippen molar-refractivity contribution in [3.05, 3.63) is 33.9 Å². The molecule has 1 aromatic rings. The minimum Gasteiger partial charge on any atom is -0.488 e. The molecule has 0 N–H and O–H groups in total. The second-order valence-corrected chi connectivity index (χ2v) is 6.38. The van der Waals surface area contributed by atoms with Gasteiger partial charge in [0.2, 0.25) is 5.90 Å². The molecule has 1 atom stereocenters. The highest BCUT2D eigenvalue weighted by Gasteiger charge is 2.33. The lowest BCUT2D eigenvalue weighted by Crippen LogP contribution is -2.05. The quantitative estimate of drug-likeness (QED) is 0.732. The van der Waals surface area contributed by atoms with Crippen LogP contribution in [-0.4, -0.2) is 18.0 Å². The number of carbonyl (C=O) groups excluding carboxylic acids is 1. The predicted molar refractivity (Wildman–Crippen MR) is 83.9 cm³/mol. The smallest absolute Gasteiger partial charge is 0.341 e. The van der Waals surface area contributed by atoms with E-state index in [4.69, 9.17) is 21.1 Å². The molecule has 5 heteroatoms. The molecule has 1 aromatic carbocycles. The van der Waals surface area contributed by atoms with Crippen LogP contribution < -0.4 is 4.74 Å². The minimum atomic E-state index is -0.233. The molecule has 1 unspecified atom stereocenters. The standard InChI is InChI=1S/C17H16ClNO3/c1-9-8-12-14(7-6-13(18)15(12)21-9)19-16-10-4-2-3-5-11(10)17(20)22-16/h6-7,9H,2-5,8H2,1H3/b19-16+. The summed E-state index contributed by atoms with van der Waals surface area (Å²) in [6.45, 7) is 2.00. The van der Waals surface area contributed by atoms with Crippen molar-refractivity contribution in [2.45, 2.75) is 45.1 Å². The van der Waals surface area contributed by atoms with Gasteiger partial charge in [0.05, 0.1) is 10.7 Å². The van der Waals surface area contributed by atoms with E-state index in [2.05, 4.69) is 4.99 Å². The van der Waals surface area contributed by atoms with Crippen LogP contribution in [0.15, 0.2) is 28.3 Å². The molecule has 114 valence electrons. The predicted octanol–water partition coefficient (Wildman–Crippen LogP) is 4.12. The zero-order chi connectivity index (χ0) is 15.3. The number of carbonyl (C=O) groups is 1. The zero-order valence-corrected chi connectivity index (χ0v) is 13.1. The lowest BCUT2D eigenvalue weighted by molar-refractivity contribution is -0.130. The van der Waals surface area contributed by atoms with Crippen LogP contribution in [0.25, 0.3) is 0 Å². The first-order valence-electron chi connectivity index (χ1n) is 7.65. The first-order chi connectivity index (χ1) is 10.6. The highest BCUT2D eigenvalue weighted by atomic mass is 35.5. The molecule has 0 bridgehead atoms. The van der Waals surface area contributed by atoms with E-state index >= 15 is 0 Å². The fourth-order valence-corrected chi connectivity index (χ4v) is 3.55. The molecule has 0 saturated carbocycles. The van der Waals surface area contributed by atoms with Crippen LogP contribution in [0.1, 0.15) is 38.2 Å². The summed E-state index contributed by atoms with van der Waals surface area (Å²) >= 11 is 6.19. The summed E-state index contributed by atoms with van der Waals surface area (Å²) in [5, 5.41) is 0.601. The molecule has 2 heterocycles. The van der Waals surface area contributed by atoms with Gasteiger partial charge in [0.15, 0.2) is 0 Å². The van der Waals surface area contributed by atoms with Gasteiger partial charge in [0, 0.05) is 23.1 Å². The Bertz CT molecular complexity index is 736. The van der Waals surface area contributed by atoms with Gasteiger partial charge < -0.3 is 9.47 Å². The fraction of sp³-hybridized carbons (Fsp3) is 0.412. The molecule has 0 saturated heterocycles. The Morgan fingerprint density at radius 3 is 2.82 bits per heavy atom. The van der Waals surface area contributed by atoms with Gasteiger partial charge in [-0.05, 0) is 44.7 Å². The number of esters is 1. The van der Waals surface area contributed by atoms with Crippen LogP contribution in [-0.2, 0) is 16.0 Å². The summed E-state index contributed by atoms with van der Waals surface area (Å²) in [7, 11) is 0. The molecule has 0 amide bonds.